The molecule has 1 amide bonds. The van der Waals surface area contributed by atoms with Gasteiger partial charge < -0.3 is 14.8 Å². The van der Waals surface area contributed by atoms with E-state index in [0.717, 1.165) is 11.3 Å². The van der Waals surface area contributed by atoms with E-state index < -0.39 is 5.60 Å². The molecule has 0 saturated heterocycles. The lowest BCUT2D eigenvalue weighted by Gasteiger charge is -2.29. The zero-order chi connectivity index (χ0) is 16.0. The van der Waals surface area contributed by atoms with Crippen molar-refractivity contribution in [2.24, 2.45) is 11.1 Å². The molecule has 5 nitrogen and oxygen atoms in total. The van der Waals surface area contributed by atoms with Crippen LogP contribution >= 0.6 is 0 Å². The number of amides is 1. The average molecular weight is 308 g/mol. The van der Waals surface area contributed by atoms with E-state index >= 15 is 0 Å². The first-order valence-electron chi connectivity index (χ1n) is 7.51. The highest BCUT2D eigenvalue weighted by molar-refractivity contribution is 6.15. The highest BCUT2D eigenvalue weighted by Crippen LogP contribution is 2.55. The molecule has 2 aliphatic rings. The number of likely N-dealkylation sites (N-methyl/N-ethyl adjacent to an activating group) is 1. The summed E-state index contributed by atoms with van der Waals surface area (Å²) in [4.78, 5) is 14.6. The van der Waals surface area contributed by atoms with Gasteiger partial charge in [-0.15, -0.1) is 0 Å². The SMILES string of the molecule is CN(C(=O)C12CC1/C(=N\O)c1ccccc1O2)c1ccccc1. The molecule has 0 aromatic heterocycles. The molecule has 0 bridgehead atoms. The van der Waals surface area contributed by atoms with Gasteiger partial charge in [0.25, 0.3) is 5.91 Å². The maximum absolute atomic E-state index is 13.0. The van der Waals surface area contributed by atoms with Crippen LogP contribution in [0.15, 0.2) is 59.8 Å². The Hall–Kier alpha value is -2.82. The first-order valence-corrected chi connectivity index (χ1v) is 7.51. The zero-order valence-corrected chi connectivity index (χ0v) is 12.6. The van der Waals surface area contributed by atoms with Gasteiger partial charge in [0.05, 0.1) is 11.6 Å². The molecule has 2 aromatic rings. The summed E-state index contributed by atoms with van der Waals surface area (Å²) in [5.74, 6) is 0.259. The maximum Gasteiger partial charge on any atom is 0.271 e. The summed E-state index contributed by atoms with van der Waals surface area (Å²) in [5, 5.41) is 12.8. The van der Waals surface area contributed by atoms with E-state index in [1.54, 1.807) is 18.0 Å². The van der Waals surface area contributed by atoms with Crippen LogP contribution in [0.25, 0.3) is 0 Å². The van der Waals surface area contributed by atoms with Gasteiger partial charge >= 0.3 is 0 Å². The van der Waals surface area contributed by atoms with Crippen LogP contribution < -0.4 is 9.64 Å². The number of rotatable bonds is 2. The number of para-hydroxylation sites is 2. The molecular formula is C18H16N2O3. The third kappa shape index (κ3) is 1.93. The summed E-state index contributed by atoms with van der Waals surface area (Å²) >= 11 is 0. The molecule has 23 heavy (non-hydrogen) atoms. The molecule has 1 aliphatic heterocycles. The van der Waals surface area contributed by atoms with Crippen LogP contribution in [-0.2, 0) is 4.79 Å². The molecule has 1 fully saturated rings. The fraction of sp³-hybridized carbons (Fsp3) is 0.222. The van der Waals surface area contributed by atoms with Crippen molar-refractivity contribution in [2.45, 2.75) is 12.0 Å². The van der Waals surface area contributed by atoms with Crippen molar-refractivity contribution in [2.75, 3.05) is 11.9 Å². The predicted octanol–water partition coefficient (Wildman–Crippen LogP) is 2.68. The van der Waals surface area contributed by atoms with E-state index in [0.29, 0.717) is 17.9 Å². The summed E-state index contributed by atoms with van der Waals surface area (Å²) in [6.07, 6.45) is 0.525. The largest absolute Gasteiger partial charge is 0.476 e. The van der Waals surface area contributed by atoms with Crippen molar-refractivity contribution in [1.29, 1.82) is 0 Å². The summed E-state index contributed by atoms with van der Waals surface area (Å²) in [7, 11) is 1.74. The molecular weight excluding hydrogens is 292 g/mol. The smallest absolute Gasteiger partial charge is 0.271 e. The third-order valence-corrected chi connectivity index (χ3v) is 4.61. The number of anilines is 1. The minimum Gasteiger partial charge on any atom is -0.476 e. The van der Waals surface area contributed by atoms with Crippen LogP contribution in [0.2, 0.25) is 0 Å². The molecule has 116 valence electrons. The molecule has 1 heterocycles. The van der Waals surface area contributed by atoms with Crippen LogP contribution in [0.4, 0.5) is 5.69 Å². The summed E-state index contributed by atoms with van der Waals surface area (Å²) in [6, 6.07) is 16.8. The number of nitrogens with zero attached hydrogens (tertiary/aromatic N) is 2. The van der Waals surface area contributed by atoms with Crippen molar-refractivity contribution in [3.05, 3.63) is 60.2 Å². The van der Waals surface area contributed by atoms with E-state index in [2.05, 4.69) is 5.16 Å². The Morgan fingerprint density at radius 2 is 1.91 bits per heavy atom. The van der Waals surface area contributed by atoms with Gasteiger partial charge in [0, 0.05) is 24.7 Å². The lowest BCUT2D eigenvalue weighted by Crippen LogP contribution is -2.46. The van der Waals surface area contributed by atoms with Gasteiger partial charge in [-0.05, 0) is 24.3 Å². The van der Waals surface area contributed by atoms with Crippen molar-refractivity contribution in [3.63, 3.8) is 0 Å². The van der Waals surface area contributed by atoms with Crippen LogP contribution in [0.3, 0.4) is 0 Å². The van der Waals surface area contributed by atoms with E-state index in [4.69, 9.17) is 4.74 Å². The minimum absolute atomic E-state index is 0.121. The van der Waals surface area contributed by atoms with Gasteiger partial charge in [0.1, 0.15) is 5.75 Å². The first-order chi connectivity index (χ1) is 11.2. The topological polar surface area (TPSA) is 62.1 Å². The van der Waals surface area contributed by atoms with Gasteiger partial charge in [-0.2, -0.15) is 0 Å². The molecule has 2 aromatic carbocycles. The second kappa shape index (κ2) is 4.84. The Morgan fingerprint density at radius 1 is 1.22 bits per heavy atom. The Balaban J connectivity index is 1.70. The number of fused-ring (bicyclic) bond motifs is 2. The van der Waals surface area contributed by atoms with Crippen molar-refractivity contribution >= 4 is 17.3 Å². The predicted molar refractivity (Wildman–Crippen MR) is 86.1 cm³/mol. The Kier molecular flexibility index (Phi) is 2.91. The molecule has 2 atom stereocenters. The normalized spacial score (nSPS) is 26.0. The van der Waals surface area contributed by atoms with Crippen LogP contribution in [0.5, 0.6) is 5.75 Å². The number of carbonyl (C=O) groups excluding carboxylic acids is 1. The molecule has 2 unspecified atom stereocenters. The van der Waals surface area contributed by atoms with Crippen LogP contribution in [-0.4, -0.2) is 29.5 Å². The quantitative estimate of drug-likeness (QED) is 0.685. The fourth-order valence-electron chi connectivity index (χ4n) is 3.28. The Labute approximate surface area is 133 Å². The standard InChI is InChI=1S/C18H16N2O3/c1-20(12-7-3-2-4-8-12)17(21)18-11-14(18)16(19-22)13-9-5-6-10-15(13)23-18/h2-10,14,22H,11H2,1H3/b19-16-. The number of benzene rings is 2. The zero-order valence-electron chi connectivity index (χ0n) is 12.6. The number of hydrogen-bond donors (Lipinski definition) is 1. The van der Waals surface area contributed by atoms with Gasteiger partial charge in [-0.3, -0.25) is 4.79 Å². The van der Waals surface area contributed by atoms with Gasteiger partial charge in [-0.25, -0.2) is 0 Å². The molecule has 1 saturated carbocycles. The molecule has 5 heteroatoms. The highest BCUT2D eigenvalue weighted by atomic mass is 16.5. The van der Waals surface area contributed by atoms with Gasteiger partial charge in [0.15, 0.2) is 5.60 Å². The van der Waals surface area contributed by atoms with Crippen LogP contribution in [0.1, 0.15) is 12.0 Å². The Bertz CT molecular complexity index is 803. The monoisotopic (exact) mass is 308 g/mol. The second-order valence-electron chi connectivity index (χ2n) is 5.93. The summed E-state index contributed by atoms with van der Waals surface area (Å²) in [5.41, 5.74) is 1.13. The minimum atomic E-state index is -0.958. The number of oxime groups is 1. The van der Waals surface area contributed by atoms with Crippen molar-refractivity contribution < 1.29 is 14.7 Å². The van der Waals surface area contributed by atoms with Crippen molar-refractivity contribution in [1.82, 2.24) is 0 Å². The van der Waals surface area contributed by atoms with E-state index in [9.17, 15) is 10.0 Å². The van der Waals surface area contributed by atoms with Crippen molar-refractivity contribution in [3.8, 4) is 5.75 Å². The molecule has 4 rings (SSSR count). The lowest BCUT2D eigenvalue weighted by atomic mass is 9.99. The number of hydrogen-bond acceptors (Lipinski definition) is 4. The third-order valence-electron chi connectivity index (χ3n) is 4.61. The molecule has 1 aliphatic carbocycles. The highest BCUT2D eigenvalue weighted by Gasteiger charge is 2.68. The fourth-order valence-corrected chi connectivity index (χ4v) is 3.28. The second-order valence-corrected chi connectivity index (χ2v) is 5.93. The van der Waals surface area contributed by atoms with E-state index in [1.807, 2.05) is 48.5 Å². The first kappa shape index (κ1) is 13.8. The maximum atomic E-state index is 13.0. The number of ether oxygens (including phenoxy) is 1. The van der Waals surface area contributed by atoms with Gasteiger partial charge in [0.2, 0.25) is 0 Å². The van der Waals surface area contributed by atoms with E-state index in [1.165, 1.54) is 0 Å². The average Bonchev–Trinajstić information content (AvgIpc) is 3.34. The number of carbonyl (C=O) groups is 1. The summed E-state index contributed by atoms with van der Waals surface area (Å²) in [6.45, 7) is 0. The Morgan fingerprint density at radius 3 is 2.65 bits per heavy atom. The van der Waals surface area contributed by atoms with Crippen LogP contribution in [0, 0.1) is 5.92 Å². The molecule has 0 spiro atoms. The summed E-state index contributed by atoms with van der Waals surface area (Å²) < 4.78 is 6.05. The van der Waals surface area contributed by atoms with Gasteiger partial charge in [-0.1, -0.05) is 35.5 Å². The van der Waals surface area contributed by atoms with E-state index in [-0.39, 0.29) is 11.8 Å². The molecule has 1 N–H and O–H groups in total. The lowest BCUT2D eigenvalue weighted by molar-refractivity contribution is -0.127. The molecule has 0 radical (unpaired) electrons.